The molecule has 0 radical (unpaired) electrons. The van der Waals surface area contributed by atoms with E-state index in [4.69, 9.17) is 9.88 Å². The zero-order valence-electron chi connectivity index (χ0n) is 15.1. The average Bonchev–Trinajstić information content (AvgIpc) is 3.09. The van der Waals surface area contributed by atoms with Gasteiger partial charge in [-0.1, -0.05) is 18.2 Å². The largest absolute Gasteiger partial charge is 0.497 e. The number of carbonyl (C=O) groups excluding carboxylic acids is 1. The van der Waals surface area contributed by atoms with Crippen LogP contribution in [0.25, 0.3) is 0 Å². The first-order chi connectivity index (χ1) is 12.9. The van der Waals surface area contributed by atoms with Gasteiger partial charge in [-0.2, -0.15) is 0 Å². The number of nitrogens with one attached hydrogen (secondary N) is 1. The quantitative estimate of drug-likeness (QED) is 0.788. The molecule has 1 amide bonds. The van der Waals surface area contributed by atoms with E-state index < -0.39 is 10.0 Å². The second-order valence-electron chi connectivity index (χ2n) is 6.52. The summed E-state index contributed by atoms with van der Waals surface area (Å²) < 4.78 is 28.1. The Kier molecular flexibility index (Phi) is 5.79. The normalized spacial score (nSPS) is 17.6. The van der Waals surface area contributed by atoms with E-state index in [-0.39, 0.29) is 23.4 Å². The Bertz CT molecular complexity index is 913. The van der Waals surface area contributed by atoms with Gasteiger partial charge in [0.05, 0.1) is 18.6 Å². The van der Waals surface area contributed by atoms with E-state index in [2.05, 4.69) is 10.2 Å². The Hall–Kier alpha value is -2.42. The van der Waals surface area contributed by atoms with Gasteiger partial charge in [0.25, 0.3) is 0 Å². The van der Waals surface area contributed by atoms with Crippen LogP contribution in [0.4, 0.5) is 5.69 Å². The maximum Gasteiger partial charge on any atom is 0.238 e. The van der Waals surface area contributed by atoms with Gasteiger partial charge in [-0.05, 0) is 55.3 Å². The molecule has 27 heavy (non-hydrogen) atoms. The van der Waals surface area contributed by atoms with E-state index >= 15 is 0 Å². The van der Waals surface area contributed by atoms with Gasteiger partial charge in [-0.25, -0.2) is 13.6 Å². The van der Waals surface area contributed by atoms with Gasteiger partial charge in [0.1, 0.15) is 5.75 Å². The van der Waals surface area contributed by atoms with Crippen molar-refractivity contribution in [3.63, 3.8) is 0 Å². The predicted molar refractivity (Wildman–Crippen MR) is 103 cm³/mol. The number of primary sulfonamides is 1. The number of methoxy groups -OCH3 is 1. The molecule has 8 heteroatoms. The fourth-order valence-corrected chi connectivity index (χ4v) is 3.91. The summed E-state index contributed by atoms with van der Waals surface area (Å²) in [5.74, 6) is 0.609. The van der Waals surface area contributed by atoms with Gasteiger partial charge in [0.2, 0.25) is 15.9 Å². The number of ether oxygens (including phenoxy) is 1. The molecule has 0 saturated carbocycles. The molecule has 3 rings (SSSR count). The first kappa shape index (κ1) is 19.3. The number of rotatable bonds is 6. The number of anilines is 1. The predicted octanol–water partition coefficient (Wildman–Crippen LogP) is 2.12. The molecule has 7 nitrogen and oxygen atoms in total. The van der Waals surface area contributed by atoms with Crippen molar-refractivity contribution in [2.75, 3.05) is 25.5 Å². The summed E-state index contributed by atoms with van der Waals surface area (Å²) in [7, 11) is -2.17. The molecule has 0 aliphatic carbocycles. The summed E-state index contributed by atoms with van der Waals surface area (Å²) in [6, 6.07) is 14.0. The van der Waals surface area contributed by atoms with Crippen molar-refractivity contribution in [1.29, 1.82) is 0 Å². The van der Waals surface area contributed by atoms with Crippen molar-refractivity contribution in [1.82, 2.24) is 4.90 Å². The second-order valence-corrected chi connectivity index (χ2v) is 8.08. The number of nitrogens with two attached hydrogens (primary N) is 1. The lowest BCUT2D eigenvalue weighted by Crippen LogP contribution is -2.33. The second kappa shape index (κ2) is 8.08. The van der Waals surface area contributed by atoms with Crippen molar-refractivity contribution >= 4 is 21.6 Å². The van der Waals surface area contributed by atoms with Crippen LogP contribution in [0.5, 0.6) is 5.75 Å². The third-order valence-corrected chi connectivity index (χ3v) is 5.57. The molecule has 1 atom stereocenters. The molecular weight excluding hydrogens is 366 g/mol. The van der Waals surface area contributed by atoms with Gasteiger partial charge in [0, 0.05) is 11.7 Å². The van der Waals surface area contributed by atoms with Crippen molar-refractivity contribution in [3.8, 4) is 5.75 Å². The highest BCUT2D eigenvalue weighted by molar-refractivity contribution is 7.89. The third-order valence-electron chi connectivity index (χ3n) is 4.66. The topological polar surface area (TPSA) is 102 Å². The number of benzene rings is 2. The maximum atomic E-state index is 12.5. The van der Waals surface area contributed by atoms with Gasteiger partial charge in [-0.15, -0.1) is 0 Å². The summed E-state index contributed by atoms with van der Waals surface area (Å²) in [4.78, 5) is 14.5. The molecule has 3 N–H and O–H groups in total. The molecule has 0 spiro atoms. The highest BCUT2D eigenvalue weighted by Crippen LogP contribution is 2.32. The molecule has 2 aromatic rings. The molecule has 1 aliphatic heterocycles. The first-order valence-electron chi connectivity index (χ1n) is 8.67. The number of sulfonamides is 1. The van der Waals surface area contributed by atoms with Crippen molar-refractivity contribution in [2.24, 2.45) is 5.14 Å². The minimum Gasteiger partial charge on any atom is -0.497 e. The van der Waals surface area contributed by atoms with E-state index in [9.17, 15) is 13.2 Å². The van der Waals surface area contributed by atoms with E-state index in [0.29, 0.717) is 5.69 Å². The van der Waals surface area contributed by atoms with E-state index in [1.54, 1.807) is 19.2 Å². The highest BCUT2D eigenvalue weighted by atomic mass is 32.2. The van der Waals surface area contributed by atoms with Crippen LogP contribution in [0.1, 0.15) is 24.4 Å². The van der Waals surface area contributed by atoms with E-state index in [0.717, 1.165) is 30.7 Å². The zero-order valence-corrected chi connectivity index (χ0v) is 15.9. The van der Waals surface area contributed by atoms with Crippen LogP contribution < -0.4 is 15.2 Å². The van der Waals surface area contributed by atoms with Gasteiger partial charge >= 0.3 is 0 Å². The number of amides is 1. The van der Waals surface area contributed by atoms with Crippen LogP contribution in [-0.4, -0.2) is 39.4 Å². The Balaban J connectivity index is 1.66. The molecular formula is C19H23N3O4S. The highest BCUT2D eigenvalue weighted by Gasteiger charge is 2.27. The Morgan fingerprint density at radius 2 is 2.00 bits per heavy atom. The van der Waals surface area contributed by atoms with Crippen LogP contribution in [0.3, 0.4) is 0 Å². The summed E-state index contributed by atoms with van der Waals surface area (Å²) in [6.45, 7) is 1.07. The molecule has 0 bridgehead atoms. The standard InChI is InChI=1S/C19H23N3O4S/c1-26-16-9-7-14(8-10-16)18-6-3-11-22(18)13-19(23)21-15-4-2-5-17(12-15)27(20,24)25/h2,4-5,7-10,12,18H,3,6,11,13H2,1H3,(H,21,23)(H2,20,24,25)/t18-/m0/s1. The third kappa shape index (κ3) is 4.85. The maximum absolute atomic E-state index is 12.5. The van der Waals surface area contributed by atoms with Gasteiger partial charge in [-0.3, -0.25) is 9.69 Å². The summed E-state index contributed by atoms with van der Waals surface area (Å²) in [5.41, 5.74) is 1.56. The number of likely N-dealkylation sites (tertiary alicyclic amines) is 1. The Morgan fingerprint density at radius 1 is 1.26 bits per heavy atom. The van der Waals surface area contributed by atoms with Crippen molar-refractivity contribution < 1.29 is 17.9 Å². The first-order valence-corrected chi connectivity index (χ1v) is 10.2. The van der Waals surface area contributed by atoms with Crippen molar-refractivity contribution in [3.05, 3.63) is 54.1 Å². The molecule has 1 aliphatic rings. The number of hydrogen-bond donors (Lipinski definition) is 2. The average molecular weight is 389 g/mol. The fraction of sp³-hybridized carbons (Fsp3) is 0.316. The number of nitrogens with zero attached hydrogens (tertiary/aromatic N) is 1. The SMILES string of the molecule is COc1ccc([C@@H]2CCCN2CC(=O)Nc2cccc(S(N)(=O)=O)c2)cc1. The lowest BCUT2D eigenvalue weighted by molar-refractivity contribution is -0.117. The molecule has 1 heterocycles. The molecule has 1 saturated heterocycles. The molecule has 1 fully saturated rings. The fourth-order valence-electron chi connectivity index (χ4n) is 3.35. The van der Waals surface area contributed by atoms with Gasteiger partial charge in [0.15, 0.2) is 0 Å². The van der Waals surface area contributed by atoms with E-state index in [1.165, 1.54) is 12.1 Å². The minimum atomic E-state index is -3.81. The molecule has 0 unspecified atom stereocenters. The molecule has 144 valence electrons. The van der Waals surface area contributed by atoms with Gasteiger partial charge < -0.3 is 10.1 Å². The lowest BCUT2D eigenvalue weighted by Gasteiger charge is -2.24. The number of hydrogen-bond acceptors (Lipinski definition) is 5. The van der Waals surface area contributed by atoms with Crippen LogP contribution >= 0.6 is 0 Å². The Morgan fingerprint density at radius 3 is 2.67 bits per heavy atom. The zero-order chi connectivity index (χ0) is 19.4. The van der Waals surface area contributed by atoms with Crippen LogP contribution in [0, 0.1) is 0 Å². The smallest absolute Gasteiger partial charge is 0.238 e. The monoisotopic (exact) mass is 389 g/mol. The Labute approximate surface area is 159 Å². The van der Waals surface area contributed by atoms with Crippen LogP contribution in [0.15, 0.2) is 53.4 Å². The summed E-state index contributed by atoms with van der Waals surface area (Å²) in [5, 5.41) is 7.89. The minimum absolute atomic E-state index is 0.0300. The molecule has 2 aromatic carbocycles. The van der Waals surface area contributed by atoms with Crippen LogP contribution in [-0.2, 0) is 14.8 Å². The van der Waals surface area contributed by atoms with Crippen LogP contribution in [0.2, 0.25) is 0 Å². The summed E-state index contributed by atoms with van der Waals surface area (Å²) in [6.07, 6.45) is 2.01. The molecule has 0 aromatic heterocycles. The number of carbonyl (C=O) groups is 1. The summed E-state index contributed by atoms with van der Waals surface area (Å²) >= 11 is 0. The lowest BCUT2D eigenvalue weighted by atomic mass is 10.0. The van der Waals surface area contributed by atoms with Crippen molar-refractivity contribution in [2.45, 2.75) is 23.8 Å². The van der Waals surface area contributed by atoms with E-state index in [1.807, 2.05) is 24.3 Å².